The topological polar surface area (TPSA) is 68.0 Å². The van der Waals surface area contributed by atoms with Gasteiger partial charge in [0.25, 0.3) is 5.91 Å². The van der Waals surface area contributed by atoms with Crippen molar-refractivity contribution in [3.63, 3.8) is 0 Å². The summed E-state index contributed by atoms with van der Waals surface area (Å²) < 4.78 is 27.3. The van der Waals surface area contributed by atoms with Crippen LogP contribution in [0.15, 0.2) is 30.5 Å². The Bertz CT molecular complexity index is 642. The lowest BCUT2D eigenvalue weighted by Crippen LogP contribution is -2.16. The minimum absolute atomic E-state index is 0.0579. The number of aromatic nitrogens is 1. The van der Waals surface area contributed by atoms with Crippen molar-refractivity contribution in [3.05, 3.63) is 58.9 Å². The summed E-state index contributed by atoms with van der Waals surface area (Å²) in [5, 5.41) is 2.19. The number of carbonyl (C=O) groups is 1. The number of nitrogens with one attached hydrogen (secondary N) is 1. The third-order valence-electron chi connectivity index (χ3n) is 2.82. The van der Waals surface area contributed by atoms with E-state index in [1.54, 1.807) is 6.07 Å². The second-order valence-electron chi connectivity index (χ2n) is 4.26. The lowest BCUT2D eigenvalue weighted by molar-refractivity contribution is 0.102. The van der Waals surface area contributed by atoms with Gasteiger partial charge in [0.1, 0.15) is 17.2 Å². The molecule has 20 heavy (non-hydrogen) atoms. The summed E-state index contributed by atoms with van der Waals surface area (Å²) in [5.74, 6) is -2.31. The van der Waals surface area contributed by atoms with Crippen LogP contribution in [0.1, 0.15) is 21.6 Å². The third kappa shape index (κ3) is 2.80. The van der Waals surface area contributed by atoms with Gasteiger partial charge in [0.2, 0.25) is 0 Å². The number of halogens is 2. The van der Waals surface area contributed by atoms with Crippen LogP contribution in [0, 0.1) is 18.6 Å². The Balaban J connectivity index is 2.25. The first-order chi connectivity index (χ1) is 9.52. The van der Waals surface area contributed by atoms with Gasteiger partial charge in [0.05, 0.1) is 0 Å². The van der Waals surface area contributed by atoms with E-state index >= 15 is 0 Å². The molecule has 0 fully saturated rings. The third-order valence-corrected chi connectivity index (χ3v) is 2.82. The number of hydrogen-bond donors (Lipinski definition) is 2. The Hall–Kier alpha value is -2.34. The summed E-state index contributed by atoms with van der Waals surface area (Å²) in [6.07, 6.45) is 1.44. The number of pyridine rings is 1. The SMILES string of the molecule is Cc1ccc(F)c(NC(=O)c2ccc(CN)cn2)c1F. The zero-order chi connectivity index (χ0) is 14.7. The van der Waals surface area contributed by atoms with E-state index in [4.69, 9.17) is 5.73 Å². The van der Waals surface area contributed by atoms with E-state index in [9.17, 15) is 13.6 Å². The molecule has 3 N–H and O–H groups in total. The van der Waals surface area contributed by atoms with E-state index < -0.39 is 23.2 Å². The maximum Gasteiger partial charge on any atom is 0.274 e. The molecular formula is C14H13F2N3O. The molecule has 6 heteroatoms. The number of amides is 1. The molecule has 0 atom stereocenters. The first kappa shape index (κ1) is 14.1. The molecule has 2 aromatic rings. The second-order valence-corrected chi connectivity index (χ2v) is 4.26. The first-order valence-corrected chi connectivity index (χ1v) is 5.94. The van der Waals surface area contributed by atoms with Gasteiger partial charge in [-0.15, -0.1) is 0 Å². The molecule has 104 valence electrons. The molecule has 0 aliphatic heterocycles. The molecule has 1 amide bonds. The van der Waals surface area contributed by atoms with Crippen molar-refractivity contribution in [1.82, 2.24) is 4.98 Å². The number of benzene rings is 1. The molecule has 4 nitrogen and oxygen atoms in total. The molecule has 0 spiro atoms. The Kier molecular flexibility index (Phi) is 4.05. The summed E-state index contributed by atoms with van der Waals surface area (Å²) in [6.45, 7) is 1.79. The molecule has 1 heterocycles. The number of nitrogens with zero attached hydrogens (tertiary/aromatic N) is 1. The van der Waals surface area contributed by atoms with Crippen molar-refractivity contribution in [2.45, 2.75) is 13.5 Å². The quantitative estimate of drug-likeness (QED) is 0.905. The van der Waals surface area contributed by atoms with Crippen molar-refractivity contribution in [1.29, 1.82) is 0 Å². The Labute approximate surface area is 114 Å². The van der Waals surface area contributed by atoms with Crippen molar-refractivity contribution < 1.29 is 13.6 Å². The van der Waals surface area contributed by atoms with Gasteiger partial charge in [0.15, 0.2) is 5.82 Å². The van der Waals surface area contributed by atoms with Crippen molar-refractivity contribution in [2.75, 3.05) is 5.32 Å². The fraction of sp³-hybridized carbons (Fsp3) is 0.143. The van der Waals surface area contributed by atoms with E-state index in [0.29, 0.717) is 6.54 Å². The molecule has 1 aromatic heterocycles. The lowest BCUT2D eigenvalue weighted by atomic mass is 10.2. The predicted molar refractivity (Wildman–Crippen MR) is 71.2 cm³/mol. The number of carbonyl (C=O) groups excluding carboxylic acids is 1. The average molecular weight is 277 g/mol. The van der Waals surface area contributed by atoms with Crippen LogP contribution >= 0.6 is 0 Å². The Morgan fingerprint density at radius 2 is 2.05 bits per heavy atom. The molecule has 0 bridgehead atoms. The Morgan fingerprint density at radius 3 is 2.65 bits per heavy atom. The van der Waals surface area contributed by atoms with Crippen LogP contribution in [-0.4, -0.2) is 10.9 Å². The van der Waals surface area contributed by atoms with E-state index in [2.05, 4.69) is 10.3 Å². The zero-order valence-corrected chi connectivity index (χ0v) is 10.8. The zero-order valence-electron chi connectivity index (χ0n) is 10.8. The van der Waals surface area contributed by atoms with Crippen LogP contribution in [0.25, 0.3) is 0 Å². The number of rotatable bonds is 3. The monoisotopic (exact) mass is 277 g/mol. The minimum Gasteiger partial charge on any atom is -0.326 e. The smallest absolute Gasteiger partial charge is 0.274 e. The van der Waals surface area contributed by atoms with Gasteiger partial charge in [0, 0.05) is 12.7 Å². The van der Waals surface area contributed by atoms with E-state index in [1.165, 1.54) is 25.3 Å². The number of hydrogen-bond acceptors (Lipinski definition) is 3. The largest absolute Gasteiger partial charge is 0.326 e. The predicted octanol–water partition coefficient (Wildman–Crippen LogP) is 2.38. The fourth-order valence-corrected chi connectivity index (χ4v) is 1.63. The standard InChI is InChI=1S/C14H13F2N3O/c1-8-2-4-10(15)13(12(8)16)19-14(20)11-5-3-9(6-17)7-18-11/h2-5,7H,6,17H2,1H3,(H,19,20). The van der Waals surface area contributed by atoms with Gasteiger partial charge in [-0.1, -0.05) is 12.1 Å². The van der Waals surface area contributed by atoms with Crippen LogP contribution < -0.4 is 11.1 Å². The van der Waals surface area contributed by atoms with Crippen LogP contribution in [-0.2, 0) is 6.54 Å². The summed E-state index contributed by atoms with van der Waals surface area (Å²) in [6, 6.07) is 5.47. The molecule has 0 aliphatic carbocycles. The van der Waals surface area contributed by atoms with Crippen molar-refractivity contribution >= 4 is 11.6 Å². The van der Waals surface area contributed by atoms with Crippen LogP contribution in [0.3, 0.4) is 0 Å². The number of anilines is 1. The molecule has 2 rings (SSSR count). The Morgan fingerprint density at radius 1 is 1.30 bits per heavy atom. The highest BCUT2D eigenvalue weighted by molar-refractivity contribution is 6.03. The minimum atomic E-state index is -0.833. The van der Waals surface area contributed by atoms with Gasteiger partial charge in [-0.2, -0.15) is 0 Å². The molecule has 0 saturated heterocycles. The molecular weight excluding hydrogens is 264 g/mol. The van der Waals surface area contributed by atoms with Gasteiger partial charge in [-0.25, -0.2) is 8.78 Å². The highest BCUT2D eigenvalue weighted by atomic mass is 19.1. The first-order valence-electron chi connectivity index (χ1n) is 5.94. The lowest BCUT2D eigenvalue weighted by Gasteiger charge is -2.09. The van der Waals surface area contributed by atoms with Crippen LogP contribution in [0.4, 0.5) is 14.5 Å². The van der Waals surface area contributed by atoms with E-state index in [0.717, 1.165) is 11.6 Å². The summed E-state index contributed by atoms with van der Waals surface area (Å²) in [5.41, 5.74) is 6.00. The summed E-state index contributed by atoms with van der Waals surface area (Å²) >= 11 is 0. The molecule has 1 aromatic carbocycles. The summed E-state index contributed by atoms with van der Waals surface area (Å²) in [4.78, 5) is 15.8. The van der Waals surface area contributed by atoms with E-state index in [-0.39, 0.29) is 11.3 Å². The normalized spacial score (nSPS) is 10.4. The van der Waals surface area contributed by atoms with E-state index in [1.807, 2.05) is 0 Å². The van der Waals surface area contributed by atoms with Gasteiger partial charge >= 0.3 is 0 Å². The average Bonchev–Trinajstić information content (AvgIpc) is 2.47. The second kappa shape index (κ2) is 5.75. The number of nitrogens with two attached hydrogens (primary N) is 1. The van der Waals surface area contributed by atoms with Gasteiger partial charge in [-0.05, 0) is 30.2 Å². The van der Waals surface area contributed by atoms with Crippen LogP contribution in [0.2, 0.25) is 0 Å². The van der Waals surface area contributed by atoms with Crippen LogP contribution in [0.5, 0.6) is 0 Å². The molecule has 0 unspecified atom stereocenters. The van der Waals surface area contributed by atoms with Crippen molar-refractivity contribution in [2.24, 2.45) is 5.73 Å². The highest BCUT2D eigenvalue weighted by Gasteiger charge is 2.16. The van der Waals surface area contributed by atoms with Gasteiger partial charge in [-0.3, -0.25) is 9.78 Å². The maximum atomic E-state index is 13.8. The maximum absolute atomic E-state index is 13.8. The highest BCUT2D eigenvalue weighted by Crippen LogP contribution is 2.22. The van der Waals surface area contributed by atoms with Crippen molar-refractivity contribution in [3.8, 4) is 0 Å². The molecule has 0 aliphatic rings. The van der Waals surface area contributed by atoms with Gasteiger partial charge < -0.3 is 11.1 Å². The number of aryl methyl sites for hydroxylation is 1. The molecule has 0 saturated carbocycles. The summed E-state index contributed by atoms with van der Waals surface area (Å²) in [7, 11) is 0. The molecule has 0 radical (unpaired) electrons. The fourth-order valence-electron chi connectivity index (χ4n) is 1.63.